The first-order valence-corrected chi connectivity index (χ1v) is 7.03. The molecule has 0 heterocycles. The van der Waals surface area contributed by atoms with Crippen LogP contribution in [0.2, 0.25) is 0 Å². The van der Waals surface area contributed by atoms with E-state index in [2.05, 4.69) is 11.9 Å². The van der Waals surface area contributed by atoms with Crippen molar-refractivity contribution in [2.24, 2.45) is 0 Å². The van der Waals surface area contributed by atoms with Crippen molar-refractivity contribution in [2.45, 2.75) is 37.9 Å². The van der Waals surface area contributed by atoms with E-state index in [4.69, 9.17) is 5.11 Å². The topological polar surface area (TPSA) is 66.4 Å². The highest BCUT2D eigenvalue weighted by atomic mass is 19.4. The fourth-order valence-corrected chi connectivity index (χ4v) is 1.97. The number of carboxylic acid groups (broad SMARTS) is 1. The maximum Gasteiger partial charge on any atom is 0.416 e. The number of nitrogens with one attached hydrogen (secondary N) is 1. The molecule has 0 saturated carbocycles. The van der Waals surface area contributed by atoms with Gasteiger partial charge in [0.05, 0.1) is 12.0 Å². The van der Waals surface area contributed by atoms with E-state index in [9.17, 15) is 22.8 Å². The monoisotopic (exact) mass is 329 g/mol. The van der Waals surface area contributed by atoms with E-state index in [0.29, 0.717) is 18.4 Å². The van der Waals surface area contributed by atoms with Crippen molar-refractivity contribution in [2.75, 3.05) is 0 Å². The summed E-state index contributed by atoms with van der Waals surface area (Å²) in [5, 5.41) is 11.4. The molecule has 126 valence electrons. The van der Waals surface area contributed by atoms with Crippen LogP contribution in [0, 0.1) is 0 Å². The molecule has 0 unspecified atom stereocenters. The molecule has 0 saturated heterocycles. The summed E-state index contributed by atoms with van der Waals surface area (Å²) in [6.45, 7) is 3.53. The molecule has 23 heavy (non-hydrogen) atoms. The summed E-state index contributed by atoms with van der Waals surface area (Å²) in [6, 6.07) is 3.17. The van der Waals surface area contributed by atoms with Gasteiger partial charge in [0.25, 0.3) is 0 Å². The molecule has 1 aromatic carbocycles. The van der Waals surface area contributed by atoms with Crippen LogP contribution in [-0.2, 0) is 22.2 Å². The van der Waals surface area contributed by atoms with Gasteiger partial charge in [-0.3, -0.25) is 4.79 Å². The first kappa shape index (κ1) is 18.7. The van der Waals surface area contributed by atoms with Gasteiger partial charge in [0, 0.05) is 0 Å². The van der Waals surface area contributed by atoms with Crippen molar-refractivity contribution < 1.29 is 27.9 Å². The Hall–Kier alpha value is -2.31. The van der Waals surface area contributed by atoms with Gasteiger partial charge < -0.3 is 10.4 Å². The lowest BCUT2D eigenvalue weighted by atomic mass is 10.1. The van der Waals surface area contributed by atoms with Gasteiger partial charge in [0.15, 0.2) is 0 Å². The van der Waals surface area contributed by atoms with Gasteiger partial charge in [0.1, 0.15) is 6.04 Å². The Morgan fingerprint density at radius 3 is 2.35 bits per heavy atom. The minimum absolute atomic E-state index is 0.177. The number of carboxylic acids is 1. The Balaban J connectivity index is 2.60. The lowest BCUT2D eigenvalue weighted by Crippen LogP contribution is -2.41. The van der Waals surface area contributed by atoms with Gasteiger partial charge in [-0.1, -0.05) is 18.2 Å². The Bertz CT molecular complexity index is 553. The van der Waals surface area contributed by atoms with Crippen LogP contribution in [0.1, 0.15) is 30.4 Å². The van der Waals surface area contributed by atoms with Gasteiger partial charge in [-0.25, -0.2) is 4.79 Å². The number of hydrogen-bond acceptors (Lipinski definition) is 2. The molecule has 0 aliphatic heterocycles. The summed E-state index contributed by atoms with van der Waals surface area (Å²) in [6.07, 6.45) is -1.48. The number of carbonyl (C=O) groups is 2. The summed E-state index contributed by atoms with van der Waals surface area (Å²) in [4.78, 5) is 22.9. The highest BCUT2D eigenvalue weighted by molar-refractivity contribution is 5.84. The Labute approximate surface area is 132 Å². The quantitative estimate of drug-likeness (QED) is 0.569. The fraction of sp³-hybridized carbons (Fsp3) is 0.375. The van der Waals surface area contributed by atoms with Gasteiger partial charge in [0.2, 0.25) is 5.91 Å². The van der Waals surface area contributed by atoms with E-state index in [1.165, 1.54) is 12.1 Å². The van der Waals surface area contributed by atoms with Crippen molar-refractivity contribution in [3.63, 3.8) is 0 Å². The smallest absolute Gasteiger partial charge is 0.416 e. The Kier molecular flexibility index (Phi) is 6.81. The third kappa shape index (κ3) is 6.54. The lowest BCUT2D eigenvalue weighted by molar-refractivity contribution is -0.142. The van der Waals surface area contributed by atoms with Crippen LogP contribution in [0.4, 0.5) is 13.2 Å². The maximum atomic E-state index is 12.4. The molecule has 0 radical (unpaired) electrons. The van der Waals surface area contributed by atoms with Crippen molar-refractivity contribution >= 4 is 11.9 Å². The molecule has 0 spiro atoms. The second kappa shape index (κ2) is 8.36. The lowest BCUT2D eigenvalue weighted by Gasteiger charge is -2.14. The van der Waals surface area contributed by atoms with Crippen LogP contribution in [0.3, 0.4) is 0 Å². The summed E-state index contributed by atoms with van der Waals surface area (Å²) in [5.41, 5.74) is -0.416. The zero-order valence-corrected chi connectivity index (χ0v) is 12.4. The van der Waals surface area contributed by atoms with Crippen LogP contribution in [0.25, 0.3) is 0 Å². The predicted molar refractivity (Wildman–Crippen MR) is 78.8 cm³/mol. The van der Waals surface area contributed by atoms with E-state index < -0.39 is 29.7 Å². The second-order valence-electron chi connectivity index (χ2n) is 5.05. The fourth-order valence-electron chi connectivity index (χ4n) is 1.97. The highest BCUT2D eigenvalue weighted by Gasteiger charge is 2.30. The van der Waals surface area contributed by atoms with Gasteiger partial charge in [-0.05, 0) is 37.0 Å². The molecule has 1 amide bonds. The van der Waals surface area contributed by atoms with Crippen LogP contribution in [0.5, 0.6) is 0 Å². The first-order chi connectivity index (χ1) is 10.7. The first-order valence-electron chi connectivity index (χ1n) is 7.03. The van der Waals surface area contributed by atoms with Crippen LogP contribution in [0.15, 0.2) is 36.9 Å². The summed E-state index contributed by atoms with van der Waals surface area (Å²) < 4.78 is 37.3. The van der Waals surface area contributed by atoms with Crippen molar-refractivity contribution in [1.82, 2.24) is 5.32 Å². The molecule has 1 atom stereocenters. The van der Waals surface area contributed by atoms with E-state index in [0.717, 1.165) is 12.1 Å². The molecule has 0 bridgehead atoms. The van der Waals surface area contributed by atoms with Crippen molar-refractivity contribution in [1.29, 1.82) is 0 Å². The minimum atomic E-state index is -4.43. The number of allylic oxidation sites excluding steroid dienone is 1. The molecular formula is C16H18F3NO3. The molecule has 0 aliphatic rings. The van der Waals surface area contributed by atoms with E-state index in [1.54, 1.807) is 6.08 Å². The number of benzene rings is 1. The SMILES string of the molecule is C=CCCC[C@H](NC(=O)Cc1ccc(C(F)(F)F)cc1)C(=O)O. The van der Waals surface area contributed by atoms with E-state index in [-0.39, 0.29) is 12.8 Å². The predicted octanol–water partition coefficient (Wildman–Crippen LogP) is 3.17. The van der Waals surface area contributed by atoms with Gasteiger partial charge in [-0.2, -0.15) is 13.2 Å². The molecule has 7 heteroatoms. The second-order valence-corrected chi connectivity index (χ2v) is 5.05. The number of carbonyl (C=O) groups excluding carboxylic acids is 1. The van der Waals surface area contributed by atoms with E-state index in [1.807, 2.05) is 0 Å². The minimum Gasteiger partial charge on any atom is -0.480 e. The van der Waals surface area contributed by atoms with Gasteiger partial charge >= 0.3 is 12.1 Å². The average molecular weight is 329 g/mol. The van der Waals surface area contributed by atoms with Crippen LogP contribution < -0.4 is 5.32 Å². The molecule has 0 aliphatic carbocycles. The Morgan fingerprint density at radius 2 is 1.87 bits per heavy atom. The zero-order chi connectivity index (χ0) is 17.5. The molecule has 1 rings (SSSR count). The number of halogens is 3. The third-order valence-corrected chi connectivity index (χ3v) is 3.18. The molecule has 4 nitrogen and oxygen atoms in total. The largest absolute Gasteiger partial charge is 0.480 e. The van der Waals surface area contributed by atoms with Crippen molar-refractivity contribution in [3.8, 4) is 0 Å². The third-order valence-electron chi connectivity index (χ3n) is 3.18. The van der Waals surface area contributed by atoms with Crippen LogP contribution in [-0.4, -0.2) is 23.0 Å². The molecular weight excluding hydrogens is 311 g/mol. The Morgan fingerprint density at radius 1 is 1.26 bits per heavy atom. The average Bonchev–Trinajstić information content (AvgIpc) is 2.45. The normalized spacial score (nSPS) is 12.5. The number of unbranched alkanes of at least 4 members (excludes halogenated alkanes) is 1. The standard InChI is InChI=1S/C16H18F3NO3/c1-2-3-4-5-13(15(22)23)20-14(21)10-11-6-8-12(9-7-11)16(17,18)19/h2,6-9,13H,1,3-5,10H2,(H,20,21)(H,22,23)/t13-/m0/s1. The number of amides is 1. The molecule has 1 aromatic rings. The number of alkyl halides is 3. The number of hydrogen-bond donors (Lipinski definition) is 2. The summed E-state index contributed by atoms with van der Waals surface area (Å²) in [7, 11) is 0. The van der Waals surface area contributed by atoms with E-state index >= 15 is 0 Å². The summed E-state index contributed by atoms with van der Waals surface area (Å²) in [5.74, 6) is -1.69. The van der Waals surface area contributed by atoms with Gasteiger partial charge in [-0.15, -0.1) is 6.58 Å². The molecule has 2 N–H and O–H groups in total. The maximum absolute atomic E-state index is 12.4. The highest BCUT2D eigenvalue weighted by Crippen LogP contribution is 2.29. The zero-order valence-electron chi connectivity index (χ0n) is 12.4. The number of aliphatic carboxylic acids is 1. The van der Waals surface area contributed by atoms with Crippen LogP contribution >= 0.6 is 0 Å². The molecule has 0 aromatic heterocycles. The summed E-state index contributed by atoms with van der Waals surface area (Å²) >= 11 is 0. The number of rotatable bonds is 8. The van der Waals surface area contributed by atoms with Crippen molar-refractivity contribution in [3.05, 3.63) is 48.0 Å². The molecule has 0 fully saturated rings.